The van der Waals surface area contributed by atoms with E-state index in [1.807, 2.05) is 27.2 Å². The van der Waals surface area contributed by atoms with Gasteiger partial charge in [-0.1, -0.05) is 159 Å². The van der Waals surface area contributed by atoms with E-state index in [9.17, 15) is 19.4 Å². The molecule has 9 heteroatoms. The molecule has 0 saturated heterocycles. The van der Waals surface area contributed by atoms with Crippen LogP contribution in [-0.4, -0.2) is 73.4 Å². The van der Waals surface area contributed by atoms with Crippen LogP contribution in [0.5, 0.6) is 0 Å². The van der Waals surface area contributed by atoms with Crippen molar-refractivity contribution in [2.75, 3.05) is 40.9 Å². The lowest BCUT2D eigenvalue weighted by molar-refractivity contribution is -0.870. The molecule has 0 bridgehead atoms. The summed E-state index contributed by atoms with van der Waals surface area (Å²) in [7, 11) is 1.53. The molecule has 0 heterocycles. The average molecular weight is 796 g/mol. The molecule has 0 aliphatic carbocycles. The predicted octanol–water partition coefficient (Wildman–Crippen LogP) is 12.5. The van der Waals surface area contributed by atoms with Crippen LogP contribution in [0.2, 0.25) is 0 Å². The van der Waals surface area contributed by atoms with E-state index in [0.29, 0.717) is 17.4 Å². The highest BCUT2D eigenvalue weighted by Gasteiger charge is 2.27. The van der Waals surface area contributed by atoms with Crippen molar-refractivity contribution < 1.29 is 32.9 Å². The van der Waals surface area contributed by atoms with Crippen LogP contribution in [0.4, 0.5) is 0 Å². The second-order valence-electron chi connectivity index (χ2n) is 16.4. The number of rotatable bonds is 40. The molecule has 0 aliphatic heterocycles. The van der Waals surface area contributed by atoms with E-state index in [2.05, 4.69) is 55.6 Å². The number of aliphatic hydroxyl groups excluding tert-OH is 1. The van der Waals surface area contributed by atoms with Gasteiger partial charge in [-0.2, -0.15) is 0 Å². The van der Waals surface area contributed by atoms with Crippen LogP contribution in [0.15, 0.2) is 48.6 Å². The molecule has 3 unspecified atom stereocenters. The normalized spacial score (nSPS) is 14.8. The molecule has 0 aromatic heterocycles. The largest absolute Gasteiger partial charge is 0.472 e. The van der Waals surface area contributed by atoms with Crippen LogP contribution in [0, 0.1) is 0 Å². The fourth-order valence-electron chi connectivity index (χ4n) is 6.12. The maximum absolute atomic E-state index is 12.8. The van der Waals surface area contributed by atoms with Gasteiger partial charge in [0.15, 0.2) is 0 Å². The highest BCUT2D eigenvalue weighted by molar-refractivity contribution is 7.47. The number of unbranched alkanes of at least 4 members (excludes halogenated alkanes) is 21. The number of amides is 1. The zero-order valence-corrected chi connectivity index (χ0v) is 37.3. The van der Waals surface area contributed by atoms with Gasteiger partial charge < -0.3 is 19.8 Å². The second-order valence-corrected chi connectivity index (χ2v) is 17.9. The van der Waals surface area contributed by atoms with Gasteiger partial charge in [-0.3, -0.25) is 13.8 Å². The van der Waals surface area contributed by atoms with E-state index in [0.717, 1.165) is 57.8 Å². The number of likely N-dealkylation sites (N-methyl/N-ethyl adjacent to an activating group) is 1. The van der Waals surface area contributed by atoms with E-state index in [4.69, 9.17) is 9.05 Å². The zero-order chi connectivity index (χ0) is 40.7. The number of quaternary nitrogens is 1. The van der Waals surface area contributed by atoms with Gasteiger partial charge in [0, 0.05) is 6.42 Å². The summed E-state index contributed by atoms with van der Waals surface area (Å²) in [6, 6.07) is -0.876. The molecule has 1 amide bonds. The van der Waals surface area contributed by atoms with E-state index < -0.39 is 20.0 Å². The lowest BCUT2D eigenvalue weighted by Gasteiger charge is -2.25. The molecule has 0 radical (unpaired) electrons. The van der Waals surface area contributed by atoms with Crippen molar-refractivity contribution >= 4 is 13.7 Å². The van der Waals surface area contributed by atoms with Crippen LogP contribution in [-0.2, 0) is 18.4 Å². The van der Waals surface area contributed by atoms with Crippen molar-refractivity contribution in [1.29, 1.82) is 0 Å². The Labute approximate surface area is 339 Å². The number of nitrogens with one attached hydrogen (secondary N) is 1. The molecule has 0 aromatic carbocycles. The quantitative estimate of drug-likeness (QED) is 0.0247. The predicted molar refractivity (Wildman–Crippen MR) is 235 cm³/mol. The lowest BCUT2D eigenvalue weighted by Crippen LogP contribution is -2.45. The molecule has 322 valence electrons. The molecule has 0 rings (SSSR count). The number of nitrogens with zero attached hydrogens (tertiary/aromatic N) is 1. The van der Waals surface area contributed by atoms with Crippen molar-refractivity contribution in [2.24, 2.45) is 0 Å². The minimum Gasteiger partial charge on any atom is -0.387 e. The van der Waals surface area contributed by atoms with Gasteiger partial charge in [-0.15, -0.1) is 0 Å². The molecule has 8 nitrogen and oxygen atoms in total. The topological polar surface area (TPSA) is 105 Å². The van der Waals surface area contributed by atoms with Gasteiger partial charge in [-0.25, -0.2) is 4.57 Å². The number of hydrogen-bond acceptors (Lipinski definition) is 5. The van der Waals surface area contributed by atoms with Gasteiger partial charge in [0.1, 0.15) is 13.2 Å². The first-order valence-corrected chi connectivity index (χ1v) is 24.0. The van der Waals surface area contributed by atoms with Crippen LogP contribution in [0.3, 0.4) is 0 Å². The summed E-state index contributed by atoms with van der Waals surface area (Å²) in [6.07, 6.45) is 47.6. The number of allylic oxidation sites excluding steroid dienone is 7. The number of carbonyl (C=O) groups is 1. The van der Waals surface area contributed by atoms with Crippen molar-refractivity contribution in [1.82, 2.24) is 5.32 Å². The minimum absolute atomic E-state index is 0.0498. The van der Waals surface area contributed by atoms with E-state index in [1.165, 1.54) is 109 Å². The first kappa shape index (κ1) is 53.5. The minimum atomic E-state index is -4.35. The number of phosphoric acid groups is 1. The van der Waals surface area contributed by atoms with Gasteiger partial charge >= 0.3 is 7.82 Å². The Morgan fingerprint density at radius 3 is 1.45 bits per heavy atom. The van der Waals surface area contributed by atoms with Crippen LogP contribution < -0.4 is 5.32 Å². The molecule has 55 heavy (non-hydrogen) atoms. The van der Waals surface area contributed by atoms with Crippen molar-refractivity contribution in [2.45, 2.75) is 199 Å². The van der Waals surface area contributed by atoms with Gasteiger partial charge in [0.25, 0.3) is 0 Å². The van der Waals surface area contributed by atoms with Crippen molar-refractivity contribution in [3.05, 3.63) is 48.6 Å². The molecular weight excluding hydrogens is 707 g/mol. The standard InChI is InChI=1S/C46H87N2O6P/c1-6-8-10-12-14-16-18-20-21-22-23-24-25-26-28-29-31-33-35-37-39-45(49)44(43-54-55(51,52)53-42-41-48(3,4)5)47-46(50)40-38-36-34-32-30-27-19-17-15-13-11-9-7-2/h24-25,27,29-31,37,39,44-45,49H,6-23,26,28,32-36,38,40-43H2,1-5H3,(H-,47,50,51,52)/p+1/b25-24+,30-27-,31-29+,39-37+. The summed E-state index contributed by atoms with van der Waals surface area (Å²) in [5.74, 6) is -0.209. The first-order valence-electron chi connectivity index (χ1n) is 22.5. The van der Waals surface area contributed by atoms with Gasteiger partial charge in [0.05, 0.1) is 39.9 Å². The summed E-state index contributed by atoms with van der Waals surface area (Å²) in [5.41, 5.74) is 0. The molecule has 0 aliphatic rings. The van der Waals surface area contributed by atoms with Crippen LogP contribution >= 0.6 is 7.82 Å². The molecular formula is C46H88N2O6P+. The third-order valence-electron chi connectivity index (χ3n) is 9.75. The summed E-state index contributed by atoms with van der Waals surface area (Å²) in [5, 5.41) is 13.8. The Balaban J connectivity index is 4.51. The molecule has 0 fully saturated rings. The molecule has 0 aromatic rings. The zero-order valence-electron chi connectivity index (χ0n) is 36.4. The Hall–Kier alpha value is -1.54. The average Bonchev–Trinajstić information content (AvgIpc) is 3.13. The van der Waals surface area contributed by atoms with Crippen LogP contribution in [0.25, 0.3) is 0 Å². The highest BCUT2D eigenvalue weighted by Crippen LogP contribution is 2.43. The summed E-state index contributed by atoms with van der Waals surface area (Å²) >= 11 is 0. The molecule has 0 saturated carbocycles. The maximum Gasteiger partial charge on any atom is 0.472 e. The first-order chi connectivity index (χ1) is 26.5. The van der Waals surface area contributed by atoms with E-state index >= 15 is 0 Å². The van der Waals surface area contributed by atoms with Gasteiger partial charge in [-0.05, 0) is 70.6 Å². The monoisotopic (exact) mass is 796 g/mol. The van der Waals surface area contributed by atoms with Gasteiger partial charge in [0.2, 0.25) is 5.91 Å². The van der Waals surface area contributed by atoms with E-state index in [-0.39, 0.29) is 19.1 Å². The lowest BCUT2D eigenvalue weighted by atomic mass is 10.1. The Bertz CT molecular complexity index is 1040. The van der Waals surface area contributed by atoms with E-state index in [1.54, 1.807) is 6.08 Å². The SMILES string of the molecule is CCCCCCCC/C=C\CCCCCC(=O)NC(COP(=O)(O)OCC[N+](C)(C)C)C(O)/C=C/CC/C=C/CC/C=C/CCCCCCCCCCCC. The fourth-order valence-corrected chi connectivity index (χ4v) is 6.86. The number of hydrogen-bond donors (Lipinski definition) is 3. The third-order valence-corrected chi connectivity index (χ3v) is 10.7. The second kappa shape index (κ2) is 38.0. The maximum atomic E-state index is 12.8. The molecule has 3 atom stereocenters. The highest BCUT2D eigenvalue weighted by atomic mass is 31.2. The summed E-state index contributed by atoms with van der Waals surface area (Å²) in [6.45, 7) is 4.75. The van der Waals surface area contributed by atoms with Crippen LogP contribution in [0.1, 0.15) is 187 Å². The Kier molecular flexibility index (Phi) is 36.9. The Morgan fingerprint density at radius 2 is 1.00 bits per heavy atom. The fraction of sp³-hybridized carbons (Fsp3) is 0.804. The smallest absolute Gasteiger partial charge is 0.387 e. The number of aliphatic hydroxyl groups is 1. The number of phosphoric ester groups is 1. The third kappa shape index (κ3) is 40.5. The number of carbonyl (C=O) groups excluding carboxylic acids is 1. The summed E-state index contributed by atoms with van der Waals surface area (Å²) < 4.78 is 23.5. The summed E-state index contributed by atoms with van der Waals surface area (Å²) in [4.78, 5) is 23.1. The molecule has 3 N–H and O–H groups in total. The van der Waals surface area contributed by atoms with Crippen molar-refractivity contribution in [3.8, 4) is 0 Å². The van der Waals surface area contributed by atoms with Crippen molar-refractivity contribution in [3.63, 3.8) is 0 Å². The Morgan fingerprint density at radius 1 is 0.600 bits per heavy atom. The molecule has 0 spiro atoms.